The summed E-state index contributed by atoms with van der Waals surface area (Å²) < 4.78 is 10.9. The molecule has 1 saturated carbocycles. The fraction of sp³-hybridized carbons (Fsp3) is 0.682. The van der Waals surface area contributed by atoms with Crippen LogP contribution in [0.25, 0.3) is 0 Å². The topological polar surface area (TPSA) is 78.4 Å². The number of guanidine groups is 1. The van der Waals surface area contributed by atoms with Crippen molar-refractivity contribution in [1.29, 1.82) is 0 Å². The van der Waals surface area contributed by atoms with Gasteiger partial charge in [0.1, 0.15) is 5.75 Å². The first-order chi connectivity index (χ1) is 14.0. The van der Waals surface area contributed by atoms with Crippen LogP contribution in [0.4, 0.5) is 0 Å². The minimum atomic E-state index is -0.675. The molecule has 0 spiro atoms. The summed E-state index contributed by atoms with van der Waals surface area (Å²) in [7, 11) is 1.75. The second-order valence-electron chi connectivity index (χ2n) is 7.66. The number of rotatable bonds is 13. The molecule has 3 N–H and O–H groups in total. The summed E-state index contributed by atoms with van der Waals surface area (Å²) in [5.41, 5.74) is 0.808. The van der Waals surface area contributed by atoms with Crippen molar-refractivity contribution in [2.75, 3.05) is 46.4 Å². The molecule has 2 rings (SSSR count). The fourth-order valence-corrected chi connectivity index (χ4v) is 3.14. The van der Waals surface area contributed by atoms with Gasteiger partial charge in [-0.2, -0.15) is 0 Å². The molecule has 1 aromatic carbocycles. The standard InChI is InChI=1S/C22H38N4O3/c1-5-23-22(24-11-12-26(13-14-28-4)19-9-10-19)25-16-21(27)18-7-6-8-20(15-18)29-17(2)3/h6-8,15,17,19,21,27H,5,9-14,16H2,1-4H3,(H2,23,24,25). The van der Waals surface area contributed by atoms with Crippen LogP contribution in [0.3, 0.4) is 0 Å². The lowest BCUT2D eigenvalue weighted by Gasteiger charge is -2.22. The van der Waals surface area contributed by atoms with Gasteiger partial charge < -0.3 is 25.2 Å². The Kier molecular flexibility index (Phi) is 10.2. The maximum atomic E-state index is 10.5. The highest BCUT2D eigenvalue weighted by atomic mass is 16.5. The summed E-state index contributed by atoms with van der Waals surface area (Å²) in [5.74, 6) is 1.49. The Labute approximate surface area is 175 Å². The number of hydrogen-bond acceptors (Lipinski definition) is 5. The summed E-state index contributed by atoms with van der Waals surface area (Å²) in [6.07, 6.45) is 1.99. The Balaban J connectivity index is 1.85. The molecule has 1 aliphatic carbocycles. The number of benzene rings is 1. The van der Waals surface area contributed by atoms with Crippen LogP contribution in [0.15, 0.2) is 29.3 Å². The first-order valence-corrected chi connectivity index (χ1v) is 10.7. The molecule has 1 unspecified atom stereocenters. The molecule has 7 nitrogen and oxygen atoms in total. The minimum Gasteiger partial charge on any atom is -0.491 e. The van der Waals surface area contributed by atoms with Crippen molar-refractivity contribution in [2.24, 2.45) is 4.99 Å². The van der Waals surface area contributed by atoms with Crippen molar-refractivity contribution < 1.29 is 14.6 Å². The Morgan fingerprint density at radius 1 is 1.28 bits per heavy atom. The maximum Gasteiger partial charge on any atom is 0.191 e. The van der Waals surface area contributed by atoms with Crippen molar-refractivity contribution in [2.45, 2.75) is 51.9 Å². The average Bonchev–Trinajstić information content (AvgIpc) is 3.53. The van der Waals surface area contributed by atoms with Gasteiger partial charge in [-0.1, -0.05) is 12.1 Å². The second-order valence-corrected chi connectivity index (χ2v) is 7.66. The summed E-state index contributed by atoms with van der Waals surface area (Å²) in [5, 5.41) is 17.2. The highest BCUT2D eigenvalue weighted by Crippen LogP contribution is 2.26. The number of aliphatic hydroxyl groups is 1. The van der Waals surface area contributed by atoms with E-state index in [1.54, 1.807) is 7.11 Å². The Morgan fingerprint density at radius 3 is 2.72 bits per heavy atom. The van der Waals surface area contributed by atoms with E-state index >= 15 is 0 Å². The third kappa shape index (κ3) is 9.02. The zero-order chi connectivity index (χ0) is 21.1. The van der Waals surface area contributed by atoms with Crippen LogP contribution in [0, 0.1) is 0 Å². The molecule has 1 aliphatic rings. The van der Waals surface area contributed by atoms with E-state index in [0.29, 0.717) is 6.04 Å². The minimum absolute atomic E-state index is 0.101. The quantitative estimate of drug-likeness (QED) is 0.344. The van der Waals surface area contributed by atoms with Crippen molar-refractivity contribution in [3.05, 3.63) is 29.8 Å². The number of nitrogens with one attached hydrogen (secondary N) is 2. The summed E-state index contributed by atoms with van der Waals surface area (Å²) in [6, 6.07) is 8.28. The third-order valence-electron chi connectivity index (χ3n) is 4.72. The van der Waals surface area contributed by atoms with Crippen molar-refractivity contribution in [3.63, 3.8) is 0 Å². The predicted molar refractivity (Wildman–Crippen MR) is 118 cm³/mol. The molecule has 0 amide bonds. The molecule has 0 radical (unpaired) electrons. The molecular formula is C22H38N4O3. The van der Waals surface area contributed by atoms with Crippen LogP contribution >= 0.6 is 0 Å². The van der Waals surface area contributed by atoms with Gasteiger partial charge in [0.15, 0.2) is 5.96 Å². The molecule has 1 fully saturated rings. The van der Waals surface area contributed by atoms with E-state index in [4.69, 9.17) is 9.47 Å². The van der Waals surface area contributed by atoms with Crippen LogP contribution in [0.1, 0.15) is 45.3 Å². The Hall–Kier alpha value is -1.83. The van der Waals surface area contributed by atoms with Gasteiger partial charge in [-0.15, -0.1) is 0 Å². The van der Waals surface area contributed by atoms with Gasteiger partial charge in [0.25, 0.3) is 0 Å². The fourth-order valence-electron chi connectivity index (χ4n) is 3.14. The first kappa shape index (κ1) is 23.4. The number of aliphatic imine (C=N–C) groups is 1. The lowest BCUT2D eigenvalue weighted by molar-refractivity contribution is 0.144. The van der Waals surface area contributed by atoms with E-state index in [2.05, 4.69) is 20.5 Å². The van der Waals surface area contributed by atoms with Crippen molar-refractivity contribution >= 4 is 5.96 Å². The van der Waals surface area contributed by atoms with Gasteiger partial charge in [0.05, 0.1) is 25.4 Å². The highest BCUT2D eigenvalue weighted by molar-refractivity contribution is 5.79. The van der Waals surface area contributed by atoms with E-state index in [1.165, 1.54) is 12.8 Å². The summed E-state index contributed by atoms with van der Waals surface area (Å²) >= 11 is 0. The van der Waals surface area contributed by atoms with Crippen molar-refractivity contribution in [1.82, 2.24) is 15.5 Å². The zero-order valence-corrected chi connectivity index (χ0v) is 18.4. The van der Waals surface area contributed by atoms with E-state index < -0.39 is 6.10 Å². The maximum absolute atomic E-state index is 10.5. The van der Waals surface area contributed by atoms with Gasteiger partial charge >= 0.3 is 0 Å². The zero-order valence-electron chi connectivity index (χ0n) is 18.4. The molecule has 1 aromatic rings. The largest absolute Gasteiger partial charge is 0.491 e. The van der Waals surface area contributed by atoms with Gasteiger partial charge in [0, 0.05) is 39.3 Å². The van der Waals surface area contributed by atoms with Crippen LogP contribution < -0.4 is 15.4 Å². The Bertz CT molecular complexity index is 620. The first-order valence-electron chi connectivity index (χ1n) is 10.7. The lowest BCUT2D eigenvalue weighted by atomic mass is 10.1. The van der Waals surface area contributed by atoms with Gasteiger partial charge in [-0.25, -0.2) is 0 Å². The molecule has 0 saturated heterocycles. The van der Waals surface area contributed by atoms with E-state index in [-0.39, 0.29) is 12.6 Å². The molecule has 0 aliphatic heterocycles. The average molecular weight is 407 g/mol. The third-order valence-corrected chi connectivity index (χ3v) is 4.72. The number of methoxy groups -OCH3 is 1. The van der Waals surface area contributed by atoms with Crippen LogP contribution in [-0.4, -0.2) is 74.6 Å². The number of nitrogens with zero attached hydrogens (tertiary/aromatic N) is 2. The van der Waals surface area contributed by atoms with Crippen LogP contribution in [-0.2, 0) is 4.74 Å². The van der Waals surface area contributed by atoms with Gasteiger partial charge in [-0.05, 0) is 51.3 Å². The number of hydrogen-bond donors (Lipinski definition) is 3. The van der Waals surface area contributed by atoms with Gasteiger partial charge in [-0.3, -0.25) is 9.89 Å². The normalized spacial score (nSPS) is 15.6. The molecule has 0 bridgehead atoms. The van der Waals surface area contributed by atoms with E-state index in [9.17, 15) is 5.11 Å². The Morgan fingerprint density at radius 2 is 2.07 bits per heavy atom. The molecular weight excluding hydrogens is 368 g/mol. The van der Waals surface area contributed by atoms with E-state index in [1.807, 2.05) is 45.0 Å². The van der Waals surface area contributed by atoms with Crippen molar-refractivity contribution in [3.8, 4) is 5.75 Å². The van der Waals surface area contributed by atoms with E-state index in [0.717, 1.165) is 50.1 Å². The molecule has 164 valence electrons. The molecule has 29 heavy (non-hydrogen) atoms. The monoisotopic (exact) mass is 406 g/mol. The smallest absolute Gasteiger partial charge is 0.191 e. The number of aliphatic hydroxyl groups excluding tert-OH is 1. The second kappa shape index (κ2) is 12.7. The molecule has 1 atom stereocenters. The molecule has 0 heterocycles. The molecule has 7 heteroatoms. The number of ether oxygens (including phenoxy) is 2. The van der Waals surface area contributed by atoms with Gasteiger partial charge in [0.2, 0.25) is 0 Å². The summed E-state index contributed by atoms with van der Waals surface area (Å²) in [6.45, 7) is 10.6. The lowest BCUT2D eigenvalue weighted by Crippen LogP contribution is -2.43. The van der Waals surface area contributed by atoms with Crippen LogP contribution in [0.5, 0.6) is 5.75 Å². The highest BCUT2D eigenvalue weighted by Gasteiger charge is 2.28. The summed E-state index contributed by atoms with van der Waals surface area (Å²) in [4.78, 5) is 7.03. The van der Waals surface area contributed by atoms with Crippen LogP contribution in [0.2, 0.25) is 0 Å². The SMILES string of the molecule is CCNC(=NCC(O)c1cccc(OC(C)C)c1)NCCN(CCOC)C1CC1. The molecule has 0 aromatic heterocycles. The predicted octanol–water partition coefficient (Wildman–Crippen LogP) is 2.17.